The van der Waals surface area contributed by atoms with Gasteiger partial charge in [0.15, 0.2) is 0 Å². The Morgan fingerprint density at radius 1 is 1.47 bits per heavy atom. The molecular weight excluding hydrogens is 238 g/mol. The lowest BCUT2D eigenvalue weighted by atomic mass is 10.1. The Morgan fingerprint density at radius 2 is 2.16 bits per heavy atom. The molecule has 1 amide bonds. The van der Waals surface area contributed by atoms with Gasteiger partial charge in [-0.15, -0.1) is 0 Å². The molecule has 1 aliphatic rings. The number of amides is 1. The van der Waals surface area contributed by atoms with Crippen molar-refractivity contribution in [3.05, 3.63) is 59.9 Å². The van der Waals surface area contributed by atoms with E-state index >= 15 is 0 Å². The summed E-state index contributed by atoms with van der Waals surface area (Å²) in [5.41, 5.74) is 1.81. The first-order chi connectivity index (χ1) is 9.11. The third-order valence-electron chi connectivity index (χ3n) is 3.34. The standard InChI is InChI=1S/C16H19NO2/c1-4-14-10-15(12(3)19-14)16(18)17-11(2)13-8-6-5-7-9-13/h4-9,11,14H,1,10H2,2-3H3,(H,17,18)/t11-,14-/m1/s1. The van der Waals surface area contributed by atoms with E-state index in [-0.39, 0.29) is 18.1 Å². The van der Waals surface area contributed by atoms with Crippen LogP contribution in [0, 0.1) is 0 Å². The van der Waals surface area contributed by atoms with Gasteiger partial charge in [0.25, 0.3) is 5.91 Å². The van der Waals surface area contributed by atoms with E-state index in [4.69, 9.17) is 4.74 Å². The maximum atomic E-state index is 12.2. The number of rotatable bonds is 4. The Bertz CT molecular complexity index is 505. The van der Waals surface area contributed by atoms with Crippen molar-refractivity contribution in [2.24, 2.45) is 0 Å². The van der Waals surface area contributed by atoms with Gasteiger partial charge < -0.3 is 10.1 Å². The van der Waals surface area contributed by atoms with Crippen molar-refractivity contribution < 1.29 is 9.53 Å². The number of hydrogen-bond acceptors (Lipinski definition) is 2. The Hall–Kier alpha value is -2.03. The minimum atomic E-state index is -0.0761. The average molecular weight is 257 g/mol. The van der Waals surface area contributed by atoms with Gasteiger partial charge in [0.2, 0.25) is 0 Å². The molecule has 1 aromatic rings. The molecule has 0 spiro atoms. The molecule has 19 heavy (non-hydrogen) atoms. The van der Waals surface area contributed by atoms with Crippen molar-refractivity contribution in [3.63, 3.8) is 0 Å². The molecule has 0 unspecified atom stereocenters. The van der Waals surface area contributed by atoms with Crippen LogP contribution < -0.4 is 5.32 Å². The fourth-order valence-electron chi connectivity index (χ4n) is 2.18. The first kappa shape index (κ1) is 13.4. The van der Waals surface area contributed by atoms with E-state index in [2.05, 4.69) is 11.9 Å². The quantitative estimate of drug-likeness (QED) is 0.842. The van der Waals surface area contributed by atoms with E-state index in [0.29, 0.717) is 17.8 Å². The summed E-state index contributed by atoms with van der Waals surface area (Å²) in [6.45, 7) is 7.50. The minimum absolute atomic E-state index is 0.0169. The summed E-state index contributed by atoms with van der Waals surface area (Å²) in [6.07, 6.45) is 2.25. The lowest BCUT2D eigenvalue weighted by molar-refractivity contribution is -0.118. The number of hydrogen-bond donors (Lipinski definition) is 1. The second-order valence-corrected chi connectivity index (χ2v) is 4.74. The second kappa shape index (κ2) is 5.74. The highest BCUT2D eigenvalue weighted by atomic mass is 16.5. The molecule has 0 fully saturated rings. The zero-order chi connectivity index (χ0) is 13.8. The van der Waals surface area contributed by atoms with Crippen molar-refractivity contribution in [2.45, 2.75) is 32.4 Å². The Balaban J connectivity index is 2.02. The van der Waals surface area contributed by atoms with Gasteiger partial charge >= 0.3 is 0 Å². The highest BCUT2D eigenvalue weighted by Crippen LogP contribution is 2.26. The minimum Gasteiger partial charge on any atom is -0.490 e. The fraction of sp³-hybridized carbons (Fsp3) is 0.312. The van der Waals surface area contributed by atoms with Crippen LogP contribution >= 0.6 is 0 Å². The van der Waals surface area contributed by atoms with E-state index in [1.165, 1.54) is 0 Å². The molecule has 3 nitrogen and oxygen atoms in total. The monoisotopic (exact) mass is 257 g/mol. The SMILES string of the molecule is C=C[C@@H]1CC(C(=O)N[C@H](C)c2ccccc2)=C(C)O1. The molecule has 0 bridgehead atoms. The third-order valence-corrected chi connectivity index (χ3v) is 3.34. The van der Waals surface area contributed by atoms with Crippen LogP contribution in [0.5, 0.6) is 0 Å². The first-order valence-corrected chi connectivity index (χ1v) is 6.46. The van der Waals surface area contributed by atoms with Crippen LogP contribution in [-0.4, -0.2) is 12.0 Å². The summed E-state index contributed by atoms with van der Waals surface area (Å²) in [6, 6.07) is 9.89. The topological polar surface area (TPSA) is 38.3 Å². The molecule has 3 heteroatoms. The van der Waals surface area contributed by atoms with Crippen LogP contribution in [0.25, 0.3) is 0 Å². The third kappa shape index (κ3) is 3.05. The van der Waals surface area contributed by atoms with Gasteiger partial charge in [-0.2, -0.15) is 0 Å². The Kier molecular flexibility index (Phi) is 4.05. The van der Waals surface area contributed by atoms with Crippen molar-refractivity contribution in [3.8, 4) is 0 Å². The molecule has 0 saturated carbocycles. The molecule has 2 rings (SSSR count). The molecule has 1 heterocycles. The molecule has 2 atom stereocenters. The number of ether oxygens (including phenoxy) is 1. The van der Waals surface area contributed by atoms with Gasteiger partial charge in [-0.3, -0.25) is 4.79 Å². The molecule has 0 aliphatic carbocycles. The predicted octanol–water partition coefficient (Wildman–Crippen LogP) is 3.11. The van der Waals surface area contributed by atoms with E-state index in [9.17, 15) is 4.79 Å². The molecule has 1 aliphatic heterocycles. The van der Waals surface area contributed by atoms with E-state index in [0.717, 1.165) is 5.56 Å². The van der Waals surface area contributed by atoms with Crippen LogP contribution in [0.3, 0.4) is 0 Å². The lowest BCUT2D eigenvalue weighted by Gasteiger charge is -2.14. The van der Waals surface area contributed by atoms with Gasteiger partial charge in [0, 0.05) is 6.42 Å². The van der Waals surface area contributed by atoms with E-state index in [1.54, 1.807) is 6.08 Å². The van der Waals surface area contributed by atoms with Gasteiger partial charge in [0.1, 0.15) is 11.9 Å². The highest BCUT2D eigenvalue weighted by Gasteiger charge is 2.26. The number of allylic oxidation sites excluding steroid dienone is 1. The van der Waals surface area contributed by atoms with Crippen molar-refractivity contribution in [1.29, 1.82) is 0 Å². The molecule has 0 aromatic heterocycles. The maximum Gasteiger partial charge on any atom is 0.251 e. The smallest absolute Gasteiger partial charge is 0.251 e. The average Bonchev–Trinajstić information content (AvgIpc) is 2.81. The first-order valence-electron chi connectivity index (χ1n) is 6.46. The molecule has 1 N–H and O–H groups in total. The zero-order valence-electron chi connectivity index (χ0n) is 11.3. The van der Waals surface area contributed by atoms with Gasteiger partial charge in [-0.05, 0) is 19.4 Å². The van der Waals surface area contributed by atoms with Crippen LogP contribution in [0.2, 0.25) is 0 Å². The lowest BCUT2D eigenvalue weighted by Crippen LogP contribution is -2.28. The van der Waals surface area contributed by atoms with E-state index < -0.39 is 0 Å². The molecule has 0 saturated heterocycles. The van der Waals surface area contributed by atoms with Crippen molar-refractivity contribution in [2.75, 3.05) is 0 Å². The number of nitrogens with one attached hydrogen (secondary N) is 1. The molecular formula is C16H19NO2. The van der Waals surface area contributed by atoms with Crippen molar-refractivity contribution >= 4 is 5.91 Å². The largest absolute Gasteiger partial charge is 0.490 e. The normalized spacial score (nSPS) is 19.8. The van der Waals surface area contributed by atoms with Crippen LogP contribution in [0.4, 0.5) is 0 Å². The summed E-state index contributed by atoms with van der Waals surface area (Å²) in [4.78, 5) is 12.2. The van der Waals surface area contributed by atoms with Gasteiger partial charge in [-0.1, -0.05) is 43.0 Å². The van der Waals surface area contributed by atoms with Crippen LogP contribution in [0.15, 0.2) is 54.3 Å². The molecule has 0 radical (unpaired) electrons. The maximum absolute atomic E-state index is 12.2. The number of carbonyl (C=O) groups excluding carboxylic acids is 1. The van der Waals surface area contributed by atoms with Gasteiger partial charge in [-0.25, -0.2) is 0 Å². The Labute approximate surface area is 114 Å². The van der Waals surface area contributed by atoms with Crippen molar-refractivity contribution in [1.82, 2.24) is 5.32 Å². The summed E-state index contributed by atoms with van der Waals surface area (Å²) in [5, 5.41) is 3.00. The summed E-state index contributed by atoms with van der Waals surface area (Å²) in [7, 11) is 0. The van der Waals surface area contributed by atoms with Crippen LogP contribution in [-0.2, 0) is 9.53 Å². The summed E-state index contributed by atoms with van der Waals surface area (Å²) in [5.74, 6) is 0.640. The van der Waals surface area contributed by atoms with Gasteiger partial charge in [0.05, 0.1) is 11.6 Å². The number of carbonyl (C=O) groups is 1. The highest BCUT2D eigenvalue weighted by molar-refractivity contribution is 5.94. The predicted molar refractivity (Wildman–Crippen MR) is 75.4 cm³/mol. The summed E-state index contributed by atoms with van der Waals surface area (Å²) >= 11 is 0. The number of benzene rings is 1. The molecule has 100 valence electrons. The zero-order valence-corrected chi connectivity index (χ0v) is 11.3. The second-order valence-electron chi connectivity index (χ2n) is 4.74. The summed E-state index contributed by atoms with van der Waals surface area (Å²) < 4.78 is 5.53. The molecule has 1 aromatic carbocycles. The van der Waals surface area contributed by atoms with E-state index in [1.807, 2.05) is 44.2 Å². The fourth-order valence-corrected chi connectivity index (χ4v) is 2.18. The Morgan fingerprint density at radius 3 is 2.74 bits per heavy atom. The van der Waals surface area contributed by atoms with Crippen LogP contribution in [0.1, 0.15) is 31.9 Å².